The van der Waals surface area contributed by atoms with Crippen LogP contribution in [-0.2, 0) is 22.5 Å². The molecule has 5 nitrogen and oxygen atoms in total. The molecule has 0 atom stereocenters. The molecule has 1 aliphatic carbocycles. The van der Waals surface area contributed by atoms with E-state index in [-0.39, 0.29) is 5.78 Å². The molecule has 5 heteroatoms. The molecule has 0 amide bonds. The first-order valence-corrected chi connectivity index (χ1v) is 8.26. The van der Waals surface area contributed by atoms with Crippen LogP contribution in [0.1, 0.15) is 64.6 Å². The number of hydrogen-bond donors (Lipinski definition) is 0. The number of nitrogens with zero attached hydrogens (tertiary/aromatic N) is 3. The van der Waals surface area contributed by atoms with E-state index in [4.69, 9.17) is 4.74 Å². The Labute approximate surface area is 127 Å². The number of aryl methyl sites for hydroxylation is 1. The topological polar surface area (TPSA) is 57.0 Å². The first kappa shape index (κ1) is 16.1. The van der Waals surface area contributed by atoms with Crippen LogP contribution < -0.4 is 0 Å². The number of carbonyl (C=O) groups excluding carboxylic acids is 1. The summed E-state index contributed by atoms with van der Waals surface area (Å²) in [7, 11) is 0. The smallest absolute Gasteiger partial charge is 0.172 e. The number of ether oxygens (including phenoxy) is 1. The van der Waals surface area contributed by atoms with Gasteiger partial charge in [-0.25, -0.2) is 9.67 Å². The number of Topliss-reactive ketones (excluding diaryl/α,β-unsaturated/α-hetero) is 1. The van der Waals surface area contributed by atoms with Gasteiger partial charge in [-0.3, -0.25) is 4.79 Å². The number of rotatable bonds is 7. The van der Waals surface area contributed by atoms with Crippen molar-refractivity contribution in [2.24, 2.45) is 0 Å². The molecule has 0 aliphatic heterocycles. The Morgan fingerprint density at radius 3 is 2.62 bits per heavy atom. The van der Waals surface area contributed by atoms with Crippen molar-refractivity contribution < 1.29 is 9.53 Å². The molecule has 0 bridgehead atoms. The second kappa shape index (κ2) is 7.69. The molecule has 1 heterocycles. The van der Waals surface area contributed by atoms with Gasteiger partial charge in [0.05, 0.1) is 6.42 Å². The van der Waals surface area contributed by atoms with Gasteiger partial charge in [0.1, 0.15) is 17.8 Å². The van der Waals surface area contributed by atoms with Gasteiger partial charge in [-0.05, 0) is 26.2 Å². The molecule has 0 N–H and O–H groups in total. The quantitative estimate of drug-likeness (QED) is 0.725. The minimum Gasteiger partial charge on any atom is -0.367 e. The van der Waals surface area contributed by atoms with E-state index in [0.717, 1.165) is 44.5 Å². The minimum atomic E-state index is -0.589. The van der Waals surface area contributed by atoms with E-state index in [9.17, 15) is 4.79 Å². The summed E-state index contributed by atoms with van der Waals surface area (Å²) in [5, 5.41) is 4.20. The molecule has 21 heavy (non-hydrogen) atoms. The van der Waals surface area contributed by atoms with Crippen LogP contribution in [0.2, 0.25) is 0 Å². The van der Waals surface area contributed by atoms with E-state index in [1.165, 1.54) is 12.8 Å². The van der Waals surface area contributed by atoms with Crippen LogP contribution >= 0.6 is 0 Å². The van der Waals surface area contributed by atoms with Gasteiger partial charge in [0.2, 0.25) is 0 Å². The first-order valence-electron chi connectivity index (χ1n) is 8.26. The Morgan fingerprint density at radius 2 is 2.00 bits per heavy atom. The maximum atomic E-state index is 12.9. The van der Waals surface area contributed by atoms with Crippen LogP contribution in [0.25, 0.3) is 0 Å². The number of aromatic nitrogens is 3. The molecule has 0 radical (unpaired) electrons. The second-order valence-electron chi connectivity index (χ2n) is 5.84. The fourth-order valence-electron chi connectivity index (χ4n) is 3.21. The van der Waals surface area contributed by atoms with Crippen molar-refractivity contribution in [1.29, 1.82) is 0 Å². The third-order valence-corrected chi connectivity index (χ3v) is 4.29. The van der Waals surface area contributed by atoms with Crippen LogP contribution in [-0.4, -0.2) is 32.8 Å². The van der Waals surface area contributed by atoms with Gasteiger partial charge >= 0.3 is 0 Å². The van der Waals surface area contributed by atoms with Crippen molar-refractivity contribution in [1.82, 2.24) is 14.8 Å². The van der Waals surface area contributed by atoms with Crippen molar-refractivity contribution in [3.05, 3.63) is 12.2 Å². The maximum Gasteiger partial charge on any atom is 0.172 e. The fourth-order valence-corrected chi connectivity index (χ4v) is 3.21. The van der Waals surface area contributed by atoms with Crippen LogP contribution in [0.3, 0.4) is 0 Å². The summed E-state index contributed by atoms with van der Waals surface area (Å²) >= 11 is 0. The van der Waals surface area contributed by atoms with Gasteiger partial charge in [-0.15, -0.1) is 0 Å². The molecule has 2 rings (SSSR count). The third-order valence-electron chi connectivity index (χ3n) is 4.29. The summed E-state index contributed by atoms with van der Waals surface area (Å²) in [5.41, 5.74) is -0.589. The van der Waals surface area contributed by atoms with Crippen molar-refractivity contribution in [3.8, 4) is 0 Å². The van der Waals surface area contributed by atoms with Gasteiger partial charge in [-0.1, -0.05) is 32.6 Å². The van der Waals surface area contributed by atoms with Crippen LogP contribution in [0.15, 0.2) is 6.33 Å². The van der Waals surface area contributed by atoms with Gasteiger partial charge in [-0.2, -0.15) is 5.10 Å². The molecule has 0 unspecified atom stereocenters. The molecule has 1 fully saturated rings. The van der Waals surface area contributed by atoms with Gasteiger partial charge in [0.25, 0.3) is 0 Å². The van der Waals surface area contributed by atoms with E-state index in [1.54, 1.807) is 6.33 Å². The van der Waals surface area contributed by atoms with E-state index in [0.29, 0.717) is 13.0 Å². The van der Waals surface area contributed by atoms with Crippen LogP contribution in [0, 0.1) is 0 Å². The normalized spacial score (nSPS) is 18.4. The summed E-state index contributed by atoms with van der Waals surface area (Å²) in [4.78, 5) is 17.1. The largest absolute Gasteiger partial charge is 0.367 e. The average molecular weight is 293 g/mol. The summed E-state index contributed by atoms with van der Waals surface area (Å²) < 4.78 is 7.80. The highest BCUT2D eigenvalue weighted by Gasteiger charge is 2.39. The van der Waals surface area contributed by atoms with E-state index in [2.05, 4.69) is 17.0 Å². The van der Waals surface area contributed by atoms with Crippen molar-refractivity contribution in [2.75, 3.05) is 6.61 Å². The zero-order valence-electron chi connectivity index (χ0n) is 13.3. The Balaban J connectivity index is 2.12. The van der Waals surface area contributed by atoms with E-state index in [1.807, 2.05) is 11.6 Å². The summed E-state index contributed by atoms with van der Waals surface area (Å²) in [6.07, 6.45) is 9.12. The SMILES string of the molecule is CCCn1ncnc1CC(=O)C1(OCC)CCCCCC1. The molecule has 0 saturated heterocycles. The highest BCUT2D eigenvalue weighted by Crippen LogP contribution is 2.32. The zero-order chi connectivity index (χ0) is 15.1. The monoisotopic (exact) mass is 293 g/mol. The lowest BCUT2D eigenvalue weighted by molar-refractivity contribution is -0.145. The maximum absolute atomic E-state index is 12.9. The zero-order valence-corrected chi connectivity index (χ0v) is 13.3. The van der Waals surface area contributed by atoms with Crippen molar-refractivity contribution >= 4 is 5.78 Å². The number of ketones is 1. The lowest BCUT2D eigenvalue weighted by Crippen LogP contribution is -2.42. The molecule has 1 aromatic rings. The standard InChI is InChI=1S/C16H27N3O2/c1-3-11-19-15(17-13-18-19)12-14(20)16(21-4-2)9-7-5-6-8-10-16/h13H,3-12H2,1-2H3. The molecule has 1 aromatic heterocycles. The Morgan fingerprint density at radius 1 is 1.29 bits per heavy atom. The molecule has 118 valence electrons. The summed E-state index contributed by atoms with van der Waals surface area (Å²) in [6.45, 7) is 5.47. The molecule has 1 saturated carbocycles. The minimum absolute atomic E-state index is 0.177. The first-order chi connectivity index (χ1) is 10.2. The predicted octanol–water partition coefficient (Wildman–Crippen LogP) is 2.93. The van der Waals surface area contributed by atoms with Crippen LogP contribution in [0.5, 0.6) is 0 Å². The van der Waals surface area contributed by atoms with Gasteiger partial charge in [0.15, 0.2) is 5.78 Å². The van der Waals surface area contributed by atoms with Crippen molar-refractivity contribution in [3.63, 3.8) is 0 Å². The Kier molecular flexibility index (Phi) is 5.91. The predicted molar refractivity (Wildman–Crippen MR) is 81.1 cm³/mol. The lowest BCUT2D eigenvalue weighted by atomic mass is 9.87. The van der Waals surface area contributed by atoms with E-state index < -0.39 is 5.60 Å². The molecule has 0 aromatic carbocycles. The van der Waals surface area contributed by atoms with Crippen LogP contribution in [0.4, 0.5) is 0 Å². The fraction of sp³-hybridized carbons (Fsp3) is 0.812. The second-order valence-corrected chi connectivity index (χ2v) is 5.84. The molecule has 0 spiro atoms. The van der Waals surface area contributed by atoms with E-state index >= 15 is 0 Å². The number of hydrogen-bond acceptors (Lipinski definition) is 4. The lowest BCUT2D eigenvalue weighted by Gasteiger charge is -2.31. The third kappa shape index (κ3) is 3.90. The highest BCUT2D eigenvalue weighted by atomic mass is 16.5. The Hall–Kier alpha value is -1.23. The highest BCUT2D eigenvalue weighted by molar-refractivity contribution is 5.88. The van der Waals surface area contributed by atoms with Crippen molar-refractivity contribution in [2.45, 2.75) is 77.4 Å². The van der Waals surface area contributed by atoms with Gasteiger partial charge < -0.3 is 4.74 Å². The summed E-state index contributed by atoms with van der Waals surface area (Å²) in [5.74, 6) is 0.946. The number of carbonyl (C=O) groups is 1. The molecular formula is C16H27N3O2. The average Bonchev–Trinajstić information content (AvgIpc) is 2.75. The summed E-state index contributed by atoms with van der Waals surface area (Å²) in [6, 6.07) is 0. The molecule has 1 aliphatic rings. The molecular weight excluding hydrogens is 266 g/mol. The Bertz CT molecular complexity index is 448. The van der Waals surface area contributed by atoms with Gasteiger partial charge in [0, 0.05) is 13.2 Å².